The van der Waals surface area contributed by atoms with Crippen molar-refractivity contribution < 1.29 is 9.53 Å². The minimum Gasteiger partial charge on any atom is -0.380 e. The normalized spacial score (nSPS) is 24.1. The van der Waals surface area contributed by atoms with E-state index in [1.807, 2.05) is 37.2 Å². The van der Waals surface area contributed by atoms with E-state index in [1.165, 1.54) is 0 Å². The molecule has 3 atom stereocenters. The Kier molecular flexibility index (Phi) is 5.09. The number of amides is 1. The van der Waals surface area contributed by atoms with Crippen molar-refractivity contribution in [2.75, 3.05) is 20.3 Å². The van der Waals surface area contributed by atoms with E-state index in [1.54, 1.807) is 6.20 Å². The average Bonchev–Trinajstić information content (AvgIpc) is 2.72. The van der Waals surface area contributed by atoms with Crippen molar-refractivity contribution in [2.24, 2.45) is 0 Å². The van der Waals surface area contributed by atoms with E-state index in [0.29, 0.717) is 19.6 Å². The van der Waals surface area contributed by atoms with E-state index in [2.05, 4.69) is 17.2 Å². The zero-order chi connectivity index (χ0) is 14.5. The molecule has 2 rings (SSSR count). The van der Waals surface area contributed by atoms with Crippen molar-refractivity contribution in [1.82, 2.24) is 15.2 Å². The summed E-state index contributed by atoms with van der Waals surface area (Å²) in [5.41, 5.74) is 1.07. The van der Waals surface area contributed by atoms with Crippen LogP contribution in [-0.4, -0.2) is 48.1 Å². The summed E-state index contributed by atoms with van der Waals surface area (Å²) in [6.07, 6.45) is 4.11. The van der Waals surface area contributed by atoms with Crippen molar-refractivity contribution >= 4 is 5.91 Å². The molecular formula is C15H23N3O2. The van der Waals surface area contributed by atoms with Crippen LogP contribution >= 0.6 is 0 Å². The molecule has 0 aromatic carbocycles. The van der Waals surface area contributed by atoms with Crippen LogP contribution in [-0.2, 0) is 9.53 Å². The molecule has 20 heavy (non-hydrogen) atoms. The molecule has 1 aromatic rings. The van der Waals surface area contributed by atoms with Crippen molar-refractivity contribution in [3.63, 3.8) is 0 Å². The molecule has 1 aliphatic rings. The van der Waals surface area contributed by atoms with Crippen LogP contribution in [0.25, 0.3) is 0 Å². The molecule has 0 radical (unpaired) electrons. The third-order valence-corrected chi connectivity index (χ3v) is 3.68. The van der Waals surface area contributed by atoms with Crippen molar-refractivity contribution in [1.29, 1.82) is 0 Å². The highest BCUT2D eigenvalue weighted by atomic mass is 16.5. The van der Waals surface area contributed by atoms with Crippen LogP contribution in [0, 0.1) is 0 Å². The second-order valence-electron chi connectivity index (χ2n) is 5.27. The SMILES string of the molecule is CCOC[C@@H](C)N[C@@H]1CC(=O)N(C)[C@H]1c1cccnc1. The van der Waals surface area contributed by atoms with Gasteiger partial charge in [0.05, 0.1) is 12.6 Å². The Morgan fingerprint density at radius 3 is 3.05 bits per heavy atom. The van der Waals surface area contributed by atoms with Gasteiger partial charge in [0, 0.05) is 44.6 Å². The number of nitrogens with one attached hydrogen (secondary N) is 1. The molecule has 1 fully saturated rings. The van der Waals surface area contributed by atoms with Gasteiger partial charge < -0.3 is 15.0 Å². The Labute approximate surface area is 120 Å². The summed E-state index contributed by atoms with van der Waals surface area (Å²) in [6, 6.07) is 4.30. The molecule has 5 heteroatoms. The van der Waals surface area contributed by atoms with Crippen LogP contribution in [0.15, 0.2) is 24.5 Å². The first kappa shape index (κ1) is 14.9. The molecule has 1 saturated heterocycles. The van der Waals surface area contributed by atoms with E-state index in [0.717, 1.165) is 5.56 Å². The zero-order valence-electron chi connectivity index (χ0n) is 12.4. The largest absolute Gasteiger partial charge is 0.380 e. The van der Waals surface area contributed by atoms with Crippen LogP contribution < -0.4 is 5.32 Å². The number of hydrogen-bond donors (Lipinski definition) is 1. The summed E-state index contributed by atoms with van der Waals surface area (Å²) in [5, 5.41) is 3.51. The van der Waals surface area contributed by atoms with Crippen molar-refractivity contribution in [3.8, 4) is 0 Å². The lowest BCUT2D eigenvalue weighted by Crippen LogP contribution is -2.42. The summed E-state index contributed by atoms with van der Waals surface area (Å²) in [4.78, 5) is 18.0. The van der Waals surface area contributed by atoms with Crippen LogP contribution in [0.3, 0.4) is 0 Å². The van der Waals surface area contributed by atoms with Gasteiger partial charge in [-0.1, -0.05) is 6.07 Å². The fourth-order valence-corrected chi connectivity index (χ4v) is 2.73. The van der Waals surface area contributed by atoms with E-state index >= 15 is 0 Å². The molecule has 0 aliphatic carbocycles. The number of ether oxygens (including phenoxy) is 1. The molecule has 1 aromatic heterocycles. The standard InChI is InChI=1S/C15H23N3O2/c1-4-20-10-11(2)17-13-8-14(19)18(3)15(13)12-6-5-7-16-9-12/h5-7,9,11,13,15,17H,4,8,10H2,1-3H3/t11-,13-,15+/m1/s1. The third kappa shape index (κ3) is 3.35. The third-order valence-electron chi connectivity index (χ3n) is 3.68. The van der Waals surface area contributed by atoms with Gasteiger partial charge in [0.1, 0.15) is 0 Å². The van der Waals surface area contributed by atoms with Gasteiger partial charge in [0.2, 0.25) is 5.91 Å². The Balaban J connectivity index is 2.08. The predicted octanol–water partition coefficient (Wildman–Crippen LogP) is 1.37. The van der Waals surface area contributed by atoms with Gasteiger partial charge in [-0.25, -0.2) is 0 Å². The van der Waals surface area contributed by atoms with Gasteiger partial charge in [0.25, 0.3) is 0 Å². The smallest absolute Gasteiger partial charge is 0.224 e. The zero-order valence-corrected chi connectivity index (χ0v) is 12.4. The first-order valence-corrected chi connectivity index (χ1v) is 7.12. The maximum Gasteiger partial charge on any atom is 0.224 e. The topological polar surface area (TPSA) is 54.5 Å². The van der Waals surface area contributed by atoms with Gasteiger partial charge in [0.15, 0.2) is 0 Å². The summed E-state index contributed by atoms with van der Waals surface area (Å²) < 4.78 is 5.43. The summed E-state index contributed by atoms with van der Waals surface area (Å²) in [5.74, 6) is 0.167. The maximum atomic E-state index is 12.0. The highest BCUT2D eigenvalue weighted by molar-refractivity contribution is 5.80. The van der Waals surface area contributed by atoms with Crippen LogP contribution in [0.5, 0.6) is 0 Å². The van der Waals surface area contributed by atoms with E-state index < -0.39 is 0 Å². The van der Waals surface area contributed by atoms with Gasteiger partial charge in [-0.3, -0.25) is 9.78 Å². The molecule has 0 saturated carbocycles. The number of rotatable bonds is 6. The molecule has 0 bridgehead atoms. The molecule has 1 aliphatic heterocycles. The molecule has 0 spiro atoms. The molecular weight excluding hydrogens is 254 g/mol. The molecule has 1 N–H and O–H groups in total. The second kappa shape index (κ2) is 6.81. The average molecular weight is 277 g/mol. The van der Waals surface area contributed by atoms with Gasteiger partial charge in [-0.05, 0) is 25.5 Å². The highest BCUT2D eigenvalue weighted by Crippen LogP contribution is 2.31. The van der Waals surface area contributed by atoms with Gasteiger partial charge in [-0.15, -0.1) is 0 Å². The van der Waals surface area contributed by atoms with Gasteiger partial charge in [-0.2, -0.15) is 0 Å². The number of pyridine rings is 1. The minimum absolute atomic E-state index is 0.0419. The Bertz CT molecular complexity index is 438. The maximum absolute atomic E-state index is 12.0. The Morgan fingerprint density at radius 2 is 2.40 bits per heavy atom. The predicted molar refractivity (Wildman–Crippen MR) is 77.2 cm³/mol. The molecule has 1 amide bonds. The lowest BCUT2D eigenvalue weighted by molar-refractivity contribution is -0.127. The van der Waals surface area contributed by atoms with E-state index in [-0.39, 0.29) is 24.0 Å². The number of carbonyl (C=O) groups excluding carboxylic acids is 1. The van der Waals surface area contributed by atoms with Crippen LogP contribution in [0.2, 0.25) is 0 Å². The fourth-order valence-electron chi connectivity index (χ4n) is 2.73. The first-order chi connectivity index (χ1) is 9.63. The number of nitrogens with zero attached hydrogens (tertiary/aromatic N) is 2. The second-order valence-corrected chi connectivity index (χ2v) is 5.27. The van der Waals surface area contributed by atoms with Crippen LogP contribution in [0.4, 0.5) is 0 Å². The number of carbonyl (C=O) groups is 1. The lowest BCUT2D eigenvalue weighted by Gasteiger charge is -2.28. The van der Waals surface area contributed by atoms with Crippen molar-refractivity contribution in [2.45, 2.75) is 38.4 Å². The Morgan fingerprint density at radius 1 is 1.60 bits per heavy atom. The minimum atomic E-state index is 0.0419. The summed E-state index contributed by atoms with van der Waals surface area (Å²) in [6.45, 7) is 5.43. The number of hydrogen-bond acceptors (Lipinski definition) is 4. The molecule has 110 valence electrons. The van der Waals surface area contributed by atoms with Gasteiger partial charge >= 0.3 is 0 Å². The molecule has 0 unspecified atom stereocenters. The molecule has 2 heterocycles. The number of aromatic nitrogens is 1. The van der Waals surface area contributed by atoms with E-state index in [4.69, 9.17) is 4.74 Å². The summed E-state index contributed by atoms with van der Waals surface area (Å²) >= 11 is 0. The Hall–Kier alpha value is -1.46. The fraction of sp³-hybridized carbons (Fsp3) is 0.600. The summed E-state index contributed by atoms with van der Waals surface area (Å²) in [7, 11) is 1.86. The van der Waals surface area contributed by atoms with Crippen molar-refractivity contribution in [3.05, 3.63) is 30.1 Å². The van der Waals surface area contributed by atoms with Crippen LogP contribution in [0.1, 0.15) is 31.9 Å². The monoisotopic (exact) mass is 277 g/mol. The van der Waals surface area contributed by atoms with E-state index in [9.17, 15) is 4.79 Å². The lowest BCUT2D eigenvalue weighted by atomic mass is 10.0. The number of likely N-dealkylation sites (N-methyl/N-ethyl adjacent to an activating group) is 1. The quantitative estimate of drug-likeness (QED) is 0.853. The highest BCUT2D eigenvalue weighted by Gasteiger charge is 2.38. The molecule has 5 nitrogen and oxygen atoms in total. The number of likely N-dealkylation sites (tertiary alicyclic amines) is 1. The first-order valence-electron chi connectivity index (χ1n) is 7.12.